The Balaban J connectivity index is 1.85. The summed E-state index contributed by atoms with van der Waals surface area (Å²) in [5, 5.41) is 11.0. The van der Waals surface area contributed by atoms with Crippen molar-refractivity contribution in [2.45, 2.75) is 18.2 Å². The van der Waals surface area contributed by atoms with Crippen LogP contribution in [0.2, 0.25) is 0 Å². The Morgan fingerprint density at radius 1 is 1.53 bits per heavy atom. The van der Waals surface area contributed by atoms with Crippen LogP contribution in [-0.2, 0) is 4.79 Å². The van der Waals surface area contributed by atoms with E-state index in [2.05, 4.69) is 20.5 Å². The van der Waals surface area contributed by atoms with Gasteiger partial charge in [0, 0.05) is 4.88 Å². The van der Waals surface area contributed by atoms with E-state index < -0.39 is 0 Å². The van der Waals surface area contributed by atoms with Gasteiger partial charge in [-0.15, -0.1) is 21.5 Å². The quantitative estimate of drug-likeness (QED) is 0.874. The minimum Gasteiger partial charge on any atom is -0.301 e. The van der Waals surface area contributed by atoms with Gasteiger partial charge in [0.1, 0.15) is 5.51 Å². The number of thiazole rings is 1. The lowest BCUT2D eigenvalue weighted by Gasteiger charge is -1.98. The van der Waals surface area contributed by atoms with Crippen LogP contribution < -0.4 is 5.32 Å². The van der Waals surface area contributed by atoms with Crippen molar-refractivity contribution in [3.63, 3.8) is 0 Å². The summed E-state index contributed by atoms with van der Waals surface area (Å²) in [7, 11) is 0. The van der Waals surface area contributed by atoms with Gasteiger partial charge < -0.3 is 5.32 Å². The first-order valence-corrected chi connectivity index (χ1v) is 7.46. The van der Waals surface area contributed by atoms with Crippen LogP contribution in [0.15, 0.2) is 9.85 Å². The van der Waals surface area contributed by atoms with E-state index in [4.69, 9.17) is 0 Å². The molecule has 0 atom stereocenters. The first-order valence-electron chi connectivity index (χ1n) is 4.78. The smallest absolute Gasteiger partial charge is 0.236 e. The summed E-state index contributed by atoms with van der Waals surface area (Å²) in [6, 6.07) is 0. The van der Waals surface area contributed by atoms with Crippen LogP contribution in [0.3, 0.4) is 0 Å². The summed E-state index contributed by atoms with van der Waals surface area (Å²) >= 11 is 4.29. The molecule has 8 heteroatoms. The lowest BCUT2D eigenvalue weighted by Crippen LogP contribution is -2.13. The van der Waals surface area contributed by atoms with Crippen LogP contribution in [0.4, 0.5) is 5.13 Å². The third kappa shape index (κ3) is 3.48. The number of thioether (sulfide) groups is 1. The van der Waals surface area contributed by atoms with Crippen LogP contribution in [-0.4, -0.2) is 26.8 Å². The molecule has 2 heterocycles. The molecular weight excluding hydrogens is 276 g/mol. The highest BCUT2D eigenvalue weighted by Crippen LogP contribution is 2.22. The molecule has 0 fully saturated rings. The van der Waals surface area contributed by atoms with Crippen LogP contribution in [0.25, 0.3) is 0 Å². The second-order valence-corrected chi connectivity index (χ2v) is 6.46. The number of carbonyl (C=O) groups is 1. The van der Waals surface area contributed by atoms with E-state index in [1.54, 1.807) is 5.51 Å². The Kier molecular flexibility index (Phi) is 4.08. The summed E-state index contributed by atoms with van der Waals surface area (Å²) in [6.07, 6.45) is 0. The zero-order valence-electron chi connectivity index (χ0n) is 9.26. The molecule has 0 bridgehead atoms. The molecule has 0 spiro atoms. The third-order valence-corrected chi connectivity index (χ3v) is 4.79. The van der Waals surface area contributed by atoms with Gasteiger partial charge >= 0.3 is 0 Å². The predicted octanol–water partition coefficient (Wildman–Crippen LogP) is 2.34. The molecule has 90 valence electrons. The average Bonchev–Trinajstić information content (AvgIpc) is 2.87. The van der Waals surface area contributed by atoms with E-state index in [-0.39, 0.29) is 5.91 Å². The number of rotatable bonds is 4. The second kappa shape index (κ2) is 5.56. The van der Waals surface area contributed by atoms with E-state index in [0.717, 1.165) is 14.9 Å². The van der Waals surface area contributed by atoms with Crippen molar-refractivity contribution in [3.8, 4) is 0 Å². The van der Waals surface area contributed by atoms with Gasteiger partial charge in [-0.25, -0.2) is 4.98 Å². The van der Waals surface area contributed by atoms with Crippen LogP contribution in [0, 0.1) is 13.8 Å². The first kappa shape index (κ1) is 12.5. The Morgan fingerprint density at radius 3 is 2.94 bits per heavy atom. The predicted molar refractivity (Wildman–Crippen MR) is 70.9 cm³/mol. The zero-order chi connectivity index (χ0) is 12.3. The van der Waals surface area contributed by atoms with Crippen molar-refractivity contribution in [1.82, 2.24) is 15.2 Å². The number of anilines is 1. The number of nitrogens with one attached hydrogen (secondary N) is 1. The number of hydrogen-bond donors (Lipinski definition) is 1. The van der Waals surface area contributed by atoms with Crippen molar-refractivity contribution in [2.24, 2.45) is 0 Å². The number of carbonyl (C=O) groups excluding carboxylic acids is 1. The summed E-state index contributed by atoms with van der Waals surface area (Å²) in [4.78, 5) is 17.0. The van der Waals surface area contributed by atoms with Crippen molar-refractivity contribution < 1.29 is 4.79 Å². The lowest BCUT2D eigenvalue weighted by atomic mass is 10.4. The molecule has 0 aliphatic heterocycles. The van der Waals surface area contributed by atoms with Crippen molar-refractivity contribution in [1.29, 1.82) is 0 Å². The molecule has 0 aliphatic rings. The van der Waals surface area contributed by atoms with E-state index >= 15 is 0 Å². The first-order chi connectivity index (χ1) is 8.15. The molecule has 0 aromatic carbocycles. The van der Waals surface area contributed by atoms with Crippen molar-refractivity contribution in [2.75, 3.05) is 11.1 Å². The van der Waals surface area contributed by atoms with Gasteiger partial charge in [0.05, 0.1) is 11.4 Å². The maximum atomic E-state index is 11.6. The molecule has 0 aliphatic carbocycles. The van der Waals surface area contributed by atoms with Crippen LogP contribution in [0.5, 0.6) is 0 Å². The minimum atomic E-state index is -0.0704. The number of hydrogen-bond acceptors (Lipinski definition) is 7. The molecule has 0 unspecified atom stereocenters. The van der Waals surface area contributed by atoms with Gasteiger partial charge in [-0.3, -0.25) is 4.79 Å². The average molecular weight is 286 g/mol. The van der Waals surface area contributed by atoms with E-state index in [1.165, 1.54) is 34.4 Å². The summed E-state index contributed by atoms with van der Waals surface area (Å²) < 4.78 is 0.798. The monoisotopic (exact) mass is 286 g/mol. The van der Waals surface area contributed by atoms with E-state index in [0.29, 0.717) is 10.9 Å². The van der Waals surface area contributed by atoms with Gasteiger partial charge in [-0.1, -0.05) is 23.1 Å². The Bertz CT molecular complexity index is 489. The third-order valence-electron chi connectivity index (χ3n) is 1.94. The van der Waals surface area contributed by atoms with Gasteiger partial charge in [0.15, 0.2) is 9.47 Å². The fourth-order valence-corrected chi connectivity index (χ4v) is 3.15. The summed E-state index contributed by atoms with van der Waals surface area (Å²) in [6.45, 7) is 3.91. The highest BCUT2D eigenvalue weighted by Gasteiger charge is 2.09. The normalized spacial score (nSPS) is 10.5. The second-order valence-electron chi connectivity index (χ2n) is 3.20. The molecule has 1 N–H and O–H groups in total. The van der Waals surface area contributed by atoms with Crippen LogP contribution >= 0.6 is 34.4 Å². The zero-order valence-corrected chi connectivity index (χ0v) is 11.7. The number of aryl methyl sites for hydroxylation is 2. The molecule has 5 nitrogen and oxygen atoms in total. The Morgan fingerprint density at radius 2 is 2.35 bits per heavy atom. The lowest BCUT2D eigenvalue weighted by molar-refractivity contribution is -0.113. The number of amides is 1. The van der Waals surface area contributed by atoms with E-state index in [1.807, 2.05) is 13.8 Å². The molecule has 1 amide bonds. The fourth-order valence-electron chi connectivity index (χ4n) is 1.03. The van der Waals surface area contributed by atoms with Gasteiger partial charge in [-0.2, -0.15) is 0 Å². The van der Waals surface area contributed by atoms with Crippen molar-refractivity contribution >= 4 is 45.5 Å². The molecule has 2 aromatic heterocycles. The van der Waals surface area contributed by atoms with Gasteiger partial charge in [-0.05, 0) is 13.8 Å². The maximum Gasteiger partial charge on any atom is 0.236 e. The SMILES string of the molecule is Cc1nc(NC(=O)CSc2nncs2)sc1C. The molecule has 17 heavy (non-hydrogen) atoms. The molecular formula is C9H10N4OS3. The van der Waals surface area contributed by atoms with Crippen LogP contribution in [0.1, 0.15) is 10.6 Å². The Hall–Kier alpha value is -0.990. The van der Waals surface area contributed by atoms with E-state index in [9.17, 15) is 4.79 Å². The molecule has 2 aromatic rings. The topological polar surface area (TPSA) is 67.8 Å². The molecule has 0 saturated heterocycles. The Labute approximate surface area is 111 Å². The van der Waals surface area contributed by atoms with Gasteiger partial charge in [0.25, 0.3) is 0 Å². The molecule has 0 saturated carbocycles. The number of aromatic nitrogens is 3. The minimum absolute atomic E-state index is 0.0704. The molecule has 0 radical (unpaired) electrons. The summed E-state index contributed by atoms with van der Waals surface area (Å²) in [5.74, 6) is 0.256. The highest BCUT2D eigenvalue weighted by atomic mass is 32.2. The summed E-state index contributed by atoms with van der Waals surface area (Å²) in [5.41, 5.74) is 2.61. The molecule has 2 rings (SSSR count). The van der Waals surface area contributed by atoms with Gasteiger partial charge in [0.2, 0.25) is 5.91 Å². The maximum absolute atomic E-state index is 11.6. The largest absolute Gasteiger partial charge is 0.301 e. The number of nitrogens with zero attached hydrogens (tertiary/aromatic N) is 3. The standard InChI is InChI=1S/C9H10N4OS3/c1-5-6(2)17-8(11-5)12-7(14)3-15-9-13-10-4-16-9/h4H,3H2,1-2H3,(H,11,12,14). The van der Waals surface area contributed by atoms with Crippen molar-refractivity contribution in [3.05, 3.63) is 16.1 Å². The fraction of sp³-hybridized carbons (Fsp3) is 0.333. The highest BCUT2D eigenvalue weighted by molar-refractivity contribution is 8.01.